The minimum Gasteiger partial charge on any atom is -0.495 e. The van der Waals surface area contributed by atoms with Crippen LogP contribution in [0.5, 0.6) is 5.75 Å². The topological polar surface area (TPSA) is 67.9 Å². The number of nitrogens with one attached hydrogen (secondary N) is 1. The second-order valence-electron chi connectivity index (χ2n) is 7.21. The van der Waals surface area contributed by atoms with Crippen LogP contribution in [0.1, 0.15) is 32.8 Å². The maximum atomic E-state index is 13.7. The third-order valence-electron chi connectivity index (χ3n) is 5.46. The van der Waals surface area contributed by atoms with Gasteiger partial charge < -0.3 is 19.7 Å². The van der Waals surface area contributed by atoms with Gasteiger partial charge >= 0.3 is 0 Å². The first-order valence-corrected chi connectivity index (χ1v) is 10.9. The summed E-state index contributed by atoms with van der Waals surface area (Å²) in [6.45, 7) is 0.779. The van der Waals surface area contributed by atoms with Gasteiger partial charge in [0.25, 0.3) is 5.91 Å². The molecule has 0 radical (unpaired) electrons. The molecule has 0 saturated carbocycles. The Kier molecular flexibility index (Phi) is 6.34. The number of hydrogen-bond donors (Lipinski definition) is 1. The van der Waals surface area contributed by atoms with E-state index in [0.717, 1.165) is 10.4 Å². The van der Waals surface area contributed by atoms with Gasteiger partial charge in [0.15, 0.2) is 0 Å². The Bertz CT molecular complexity index is 1070. The molecule has 2 unspecified atom stereocenters. The van der Waals surface area contributed by atoms with Crippen molar-refractivity contribution < 1.29 is 19.1 Å². The summed E-state index contributed by atoms with van der Waals surface area (Å²) >= 11 is 1.54. The summed E-state index contributed by atoms with van der Waals surface area (Å²) in [4.78, 5) is 29.8. The lowest BCUT2D eigenvalue weighted by atomic mass is 9.81. The van der Waals surface area contributed by atoms with Gasteiger partial charge in [0.1, 0.15) is 5.75 Å². The number of thiophene rings is 1. The maximum absolute atomic E-state index is 13.7. The summed E-state index contributed by atoms with van der Waals surface area (Å²) in [5.41, 5.74) is 1.87. The fourth-order valence-electron chi connectivity index (χ4n) is 4.04. The van der Waals surface area contributed by atoms with E-state index in [2.05, 4.69) is 5.32 Å². The number of methoxy groups -OCH3 is 2. The highest BCUT2D eigenvalue weighted by Gasteiger charge is 2.44. The molecule has 2 atom stereocenters. The van der Waals surface area contributed by atoms with Crippen molar-refractivity contribution in [3.8, 4) is 5.75 Å². The molecule has 1 aliphatic heterocycles. The van der Waals surface area contributed by atoms with Crippen LogP contribution in [-0.4, -0.2) is 44.1 Å². The van der Waals surface area contributed by atoms with E-state index in [9.17, 15) is 9.59 Å². The zero-order chi connectivity index (χ0) is 21.8. The molecule has 160 valence electrons. The van der Waals surface area contributed by atoms with E-state index >= 15 is 0 Å². The molecule has 0 aliphatic carbocycles. The number of nitrogens with zero attached hydrogens (tertiary/aromatic N) is 1. The lowest BCUT2D eigenvalue weighted by Crippen LogP contribution is -2.47. The molecule has 6 nitrogen and oxygen atoms in total. The number of para-hydroxylation sites is 2. The number of hydrogen-bond acceptors (Lipinski definition) is 5. The smallest absolute Gasteiger partial charge is 0.254 e. The Morgan fingerprint density at radius 3 is 2.58 bits per heavy atom. The molecule has 3 aromatic rings. The minimum atomic E-state index is -0.575. The molecular formula is C24H24N2O4S. The van der Waals surface area contributed by atoms with Crippen LogP contribution in [0.4, 0.5) is 5.69 Å². The molecule has 1 aromatic heterocycles. The lowest BCUT2D eigenvalue weighted by Gasteiger charge is -2.41. The third kappa shape index (κ3) is 4.06. The number of rotatable bonds is 7. The third-order valence-corrected chi connectivity index (χ3v) is 6.40. The van der Waals surface area contributed by atoms with Gasteiger partial charge in [0, 0.05) is 24.1 Å². The van der Waals surface area contributed by atoms with Crippen LogP contribution in [0.25, 0.3) is 0 Å². The van der Waals surface area contributed by atoms with E-state index in [-0.39, 0.29) is 11.8 Å². The van der Waals surface area contributed by atoms with E-state index in [1.807, 2.05) is 47.8 Å². The predicted octanol–water partition coefficient (Wildman–Crippen LogP) is 4.32. The molecule has 0 spiro atoms. The van der Waals surface area contributed by atoms with Crippen LogP contribution in [0.3, 0.4) is 0 Å². The average Bonchev–Trinajstić information content (AvgIpc) is 3.33. The lowest BCUT2D eigenvalue weighted by molar-refractivity contribution is -0.119. The summed E-state index contributed by atoms with van der Waals surface area (Å²) in [6.07, 6.45) is 0. The van der Waals surface area contributed by atoms with Crippen LogP contribution >= 0.6 is 11.3 Å². The van der Waals surface area contributed by atoms with Gasteiger partial charge in [0.2, 0.25) is 5.91 Å². The summed E-state index contributed by atoms with van der Waals surface area (Å²) in [5, 5.41) is 4.99. The quantitative estimate of drug-likeness (QED) is 0.599. The maximum Gasteiger partial charge on any atom is 0.254 e. The van der Waals surface area contributed by atoms with Crippen molar-refractivity contribution in [1.29, 1.82) is 0 Å². The van der Waals surface area contributed by atoms with Crippen LogP contribution in [-0.2, 0) is 9.53 Å². The zero-order valence-electron chi connectivity index (χ0n) is 17.4. The van der Waals surface area contributed by atoms with Crippen molar-refractivity contribution >= 4 is 28.8 Å². The fourth-order valence-corrected chi connectivity index (χ4v) is 4.92. The van der Waals surface area contributed by atoms with Crippen LogP contribution in [0, 0.1) is 0 Å². The second kappa shape index (κ2) is 9.32. The first-order chi connectivity index (χ1) is 15.2. The Morgan fingerprint density at radius 1 is 1.06 bits per heavy atom. The Balaban J connectivity index is 1.80. The molecule has 2 amide bonds. The molecular weight excluding hydrogens is 412 g/mol. The number of benzene rings is 2. The van der Waals surface area contributed by atoms with Gasteiger partial charge in [-0.15, -0.1) is 11.3 Å². The molecule has 4 rings (SSSR count). The van der Waals surface area contributed by atoms with Gasteiger partial charge in [-0.1, -0.05) is 36.4 Å². The Labute approximate surface area is 185 Å². The van der Waals surface area contributed by atoms with Gasteiger partial charge in [-0.2, -0.15) is 0 Å². The summed E-state index contributed by atoms with van der Waals surface area (Å²) in [5.74, 6) is -0.271. The van der Waals surface area contributed by atoms with Crippen molar-refractivity contribution in [3.05, 3.63) is 82.0 Å². The Hall–Kier alpha value is -3.16. The van der Waals surface area contributed by atoms with Crippen LogP contribution < -0.4 is 10.1 Å². The number of anilines is 1. The summed E-state index contributed by atoms with van der Waals surface area (Å²) < 4.78 is 10.7. The zero-order valence-corrected chi connectivity index (χ0v) is 18.2. The Morgan fingerprint density at radius 2 is 1.84 bits per heavy atom. The summed E-state index contributed by atoms with van der Waals surface area (Å²) in [7, 11) is 3.18. The first-order valence-electron chi connectivity index (χ1n) is 10.0. The van der Waals surface area contributed by atoms with Crippen molar-refractivity contribution in [2.24, 2.45) is 0 Å². The van der Waals surface area contributed by atoms with Gasteiger partial charge in [-0.3, -0.25) is 9.59 Å². The van der Waals surface area contributed by atoms with E-state index in [1.54, 1.807) is 37.3 Å². The molecule has 0 bridgehead atoms. The van der Waals surface area contributed by atoms with Crippen molar-refractivity contribution in [1.82, 2.24) is 4.90 Å². The molecule has 0 saturated heterocycles. The van der Waals surface area contributed by atoms with Gasteiger partial charge in [-0.05, 0) is 35.2 Å². The number of fused-ring (bicyclic) bond motifs is 1. The van der Waals surface area contributed by atoms with E-state index < -0.39 is 12.0 Å². The van der Waals surface area contributed by atoms with Crippen molar-refractivity contribution in [2.45, 2.75) is 12.0 Å². The molecule has 2 heterocycles. The van der Waals surface area contributed by atoms with E-state index in [0.29, 0.717) is 30.2 Å². The highest BCUT2D eigenvalue weighted by atomic mass is 32.1. The molecule has 1 aliphatic rings. The van der Waals surface area contributed by atoms with Gasteiger partial charge in [-0.25, -0.2) is 0 Å². The van der Waals surface area contributed by atoms with Gasteiger partial charge in [0.05, 0.1) is 31.4 Å². The standard InChI is InChI=1S/C24H24N2O4S/c1-29-14-13-26-22(20-12-7-15-31-20)21(16-8-3-4-9-17(16)24(26)28)23(27)25-18-10-5-6-11-19(18)30-2/h3-12,15,21-22H,13-14H2,1-2H3,(H,25,27). The molecule has 2 aromatic carbocycles. The molecule has 1 N–H and O–H groups in total. The SMILES string of the molecule is COCCN1C(=O)c2ccccc2C(C(=O)Nc2ccccc2OC)C1c1cccs1. The average molecular weight is 437 g/mol. The van der Waals surface area contributed by atoms with Crippen molar-refractivity contribution in [3.63, 3.8) is 0 Å². The number of carbonyl (C=O) groups is 2. The molecule has 31 heavy (non-hydrogen) atoms. The van der Waals surface area contributed by atoms with E-state index in [1.165, 1.54) is 11.3 Å². The highest BCUT2D eigenvalue weighted by molar-refractivity contribution is 7.10. The van der Waals surface area contributed by atoms with E-state index in [4.69, 9.17) is 9.47 Å². The van der Waals surface area contributed by atoms with Crippen LogP contribution in [0.2, 0.25) is 0 Å². The number of ether oxygens (including phenoxy) is 2. The first kappa shape index (κ1) is 21.1. The monoisotopic (exact) mass is 436 g/mol. The largest absolute Gasteiger partial charge is 0.495 e. The van der Waals surface area contributed by atoms with Crippen molar-refractivity contribution in [2.75, 3.05) is 32.7 Å². The normalized spacial score (nSPS) is 17.9. The highest BCUT2D eigenvalue weighted by Crippen LogP contribution is 2.44. The summed E-state index contributed by atoms with van der Waals surface area (Å²) in [6, 6.07) is 18.1. The molecule has 0 fully saturated rings. The number of amides is 2. The van der Waals surface area contributed by atoms with Crippen LogP contribution in [0.15, 0.2) is 66.0 Å². The fraction of sp³-hybridized carbons (Fsp3) is 0.250. The number of carbonyl (C=O) groups excluding carboxylic acids is 2. The minimum absolute atomic E-state index is 0.0904. The molecule has 7 heteroatoms. The second-order valence-corrected chi connectivity index (χ2v) is 8.19. The predicted molar refractivity (Wildman–Crippen MR) is 121 cm³/mol.